The smallest absolute Gasteiger partial charge is 0.226 e. The summed E-state index contributed by atoms with van der Waals surface area (Å²) in [5, 5.41) is 9.62. The SMILES string of the molecule is CC(=O)Nc1cc(NC(=O)CCn2ncc(=O)c3ccccc32)ccc1F. The summed E-state index contributed by atoms with van der Waals surface area (Å²) in [6.07, 6.45) is 1.33. The molecule has 0 saturated carbocycles. The average Bonchev–Trinajstić information content (AvgIpc) is 2.64. The fourth-order valence-electron chi connectivity index (χ4n) is 2.66. The molecule has 2 N–H and O–H groups in total. The number of aromatic nitrogens is 2. The molecule has 3 rings (SSSR count). The van der Waals surface area contributed by atoms with Gasteiger partial charge in [0.2, 0.25) is 17.2 Å². The molecule has 27 heavy (non-hydrogen) atoms. The summed E-state index contributed by atoms with van der Waals surface area (Å²) in [6.45, 7) is 1.54. The highest BCUT2D eigenvalue weighted by atomic mass is 19.1. The van der Waals surface area contributed by atoms with Crippen molar-refractivity contribution in [2.24, 2.45) is 0 Å². The Balaban J connectivity index is 1.70. The van der Waals surface area contributed by atoms with Gasteiger partial charge in [-0.05, 0) is 30.3 Å². The van der Waals surface area contributed by atoms with Crippen molar-refractivity contribution < 1.29 is 14.0 Å². The van der Waals surface area contributed by atoms with Crippen LogP contribution >= 0.6 is 0 Å². The van der Waals surface area contributed by atoms with Gasteiger partial charge >= 0.3 is 0 Å². The quantitative estimate of drug-likeness (QED) is 0.724. The molecule has 0 saturated heterocycles. The molecule has 0 radical (unpaired) electrons. The molecule has 8 heteroatoms. The molecule has 2 aromatic carbocycles. The van der Waals surface area contributed by atoms with Gasteiger partial charge in [-0.25, -0.2) is 4.39 Å². The topological polar surface area (TPSA) is 93.1 Å². The third-order valence-corrected chi connectivity index (χ3v) is 3.87. The van der Waals surface area contributed by atoms with Crippen molar-refractivity contribution in [1.29, 1.82) is 0 Å². The number of carbonyl (C=O) groups excluding carboxylic acids is 2. The molecule has 0 unspecified atom stereocenters. The number of amides is 2. The Bertz CT molecular complexity index is 1080. The first kappa shape index (κ1) is 18.2. The van der Waals surface area contributed by atoms with E-state index >= 15 is 0 Å². The molecule has 7 nitrogen and oxygen atoms in total. The Morgan fingerprint density at radius 2 is 1.93 bits per heavy atom. The zero-order valence-corrected chi connectivity index (χ0v) is 14.5. The zero-order chi connectivity index (χ0) is 19.4. The second-order valence-corrected chi connectivity index (χ2v) is 5.92. The normalized spacial score (nSPS) is 10.6. The molecule has 0 aliphatic rings. The first-order chi connectivity index (χ1) is 12.9. The van der Waals surface area contributed by atoms with Gasteiger partial charge < -0.3 is 10.6 Å². The minimum Gasteiger partial charge on any atom is -0.326 e. The van der Waals surface area contributed by atoms with Crippen molar-refractivity contribution in [3.63, 3.8) is 0 Å². The summed E-state index contributed by atoms with van der Waals surface area (Å²) in [5.41, 5.74) is 0.826. The average molecular weight is 368 g/mol. The van der Waals surface area contributed by atoms with E-state index in [1.807, 2.05) is 0 Å². The molecule has 2 amide bonds. The predicted molar refractivity (Wildman–Crippen MR) is 100.0 cm³/mol. The fraction of sp³-hybridized carbons (Fsp3) is 0.158. The maximum atomic E-state index is 13.7. The highest BCUT2D eigenvalue weighted by Gasteiger charge is 2.09. The predicted octanol–water partition coefficient (Wildman–Crippen LogP) is 2.52. The molecule has 0 bridgehead atoms. The number of hydrogen-bond donors (Lipinski definition) is 2. The summed E-state index contributed by atoms with van der Waals surface area (Å²) in [6, 6.07) is 11.0. The lowest BCUT2D eigenvalue weighted by Crippen LogP contribution is -2.18. The van der Waals surface area contributed by atoms with E-state index in [0.29, 0.717) is 16.6 Å². The minimum absolute atomic E-state index is 0.00614. The molecule has 1 aromatic heterocycles. The number of rotatable bonds is 5. The third kappa shape index (κ3) is 4.35. The van der Waals surface area contributed by atoms with Crippen LogP contribution in [0.1, 0.15) is 13.3 Å². The lowest BCUT2D eigenvalue weighted by atomic mass is 10.2. The highest BCUT2D eigenvalue weighted by Crippen LogP contribution is 2.20. The minimum atomic E-state index is -0.591. The molecular formula is C19H17FN4O3. The Morgan fingerprint density at radius 1 is 1.15 bits per heavy atom. The van der Waals surface area contributed by atoms with Gasteiger partial charge in [0, 0.05) is 24.4 Å². The number of benzene rings is 2. The number of anilines is 2. The Hall–Kier alpha value is -3.55. The Morgan fingerprint density at radius 3 is 2.70 bits per heavy atom. The van der Waals surface area contributed by atoms with Crippen molar-refractivity contribution in [1.82, 2.24) is 9.78 Å². The second kappa shape index (κ2) is 7.77. The van der Waals surface area contributed by atoms with Gasteiger partial charge in [0.15, 0.2) is 0 Å². The number of carbonyl (C=O) groups is 2. The summed E-state index contributed by atoms with van der Waals surface area (Å²) >= 11 is 0. The van der Waals surface area contributed by atoms with Crippen LogP contribution in [0.2, 0.25) is 0 Å². The first-order valence-corrected chi connectivity index (χ1v) is 8.26. The van der Waals surface area contributed by atoms with Crippen LogP contribution in [0.25, 0.3) is 10.9 Å². The third-order valence-electron chi connectivity index (χ3n) is 3.87. The van der Waals surface area contributed by atoms with Gasteiger partial charge in [-0.15, -0.1) is 0 Å². The molecule has 3 aromatic rings. The molecule has 0 spiro atoms. The number of hydrogen-bond acceptors (Lipinski definition) is 4. The number of aryl methyl sites for hydroxylation is 1. The van der Waals surface area contributed by atoms with Gasteiger partial charge in [-0.1, -0.05) is 12.1 Å². The molecule has 0 atom stereocenters. The van der Waals surface area contributed by atoms with Crippen LogP contribution < -0.4 is 16.1 Å². The van der Waals surface area contributed by atoms with Crippen molar-refractivity contribution in [2.75, 3.05) is 10.6 Å². The maximum Gasteiger partial charge on any atom is 0.226 e. The van der Waals surface area contributed by atoms with Gasteiger partial charge in [-0.2, -0.15) is 5.10 Å². The molecular weight excluding hydrogens is 351 g/mol. The van der Waals surface area contributed by atoms with E-state index < -0.39 is 11.7 Å². The van der Waals surface area contributed by atoms with Crippen molar-refractivity contribution in [3.05, 3.63) is 64.7 Å². The van der Waals surface area contributed by atoms with Crippen LogP contribution in [0, 0.1) is 5.82 Å². The first-order valence-electron chi connectivity index (χ1n) is 8.26. The lowest BCUT2D eigenvalue weighted by molar-refractivity contribution is -0.116. The molecule has 1 heterocycles. The number of fused-ring (bicyclic) bond motifs is 1. The van der Waals surface area contributed by atoms with Crippen LogP contribution in [0.3, 0.4) is 0 Å². The van der Waals surface area contributed by atoms with Crippen molar-refractivity contribution in [2.45, 2.75) is 19.9 Å². The summed E-state index contributed by atoms with van der Waals surface area (Å²) < 4.78 is 15.2. The highest BCUT2D eigenvalue weighted by molar-refractivity contribution is 5.93. The summed E-state index contributed by atoms with van der Waals surface area (Å²) in [5.74, 6) is -1.30. The van der Waals surface area contributed by atoms with Crippen LogP contribution in [0.5, 0.6) is 0 Å². The Labute approximate surface area is 153 Å². The van der Waals surface area contributed by atoms with Gasteiger partial charge in [-0.3, -0.25) is 19.1 Å². The van der Waals surface area contributed by atoms with Crippen LogP contribution in [-0.4, -0.2) is 21.6 Å². The van der Waals surface area contributed by atoms with Crippen LogP contribution in [0.4, 0.5) is 15.8 Å². The van der Waals surface area contributed by atoms with E-state index in [-0.39, 0.29) is 30.0 Å². The molecule has 0 aliphatic carbocycles. The zero-order valence-electron chi connectivity index (χ0n) is 14.5. The fourth-order valence-corrected chi connectivity index (χ4v) is 2.66. The van der Waals surface area contributed by atoms with Gasteiger partial charge in [0.05, 0.1) is 23.9 Å². The number of nitrogens with one attached hydrogen (secondary N) is 2. The van der Waals surface area contributed by atoms with E-state index in [1.165, 1.54) is 25.3 Å². The summed E-state index contributed by atoms with van der Waals surface area (Å²) in [7, 11) is 0. The largest absolute Gasteiger partial charge is 0.326 e. The Kier molecular flexibility index (Phi) is 5.25. The van der Waals surface area contributed by atoms with Crippen LogP contribution in [-0.2, 0) is 16.1 Å². The maximum absolute atomic E-state index is 13.7. The van der Waals surface area contributed by atoms with Crippen molar-refractivity contribution >= 4 is 34.1 Å². The van der Waals surface area contributed by atoms with E-state index in [9.17, 15) is 18.8 Å². The van der Waals surface area contributed by atoms with E-state index in [1.54, 1.807) is 28.9 Å². The van der Waals surface area contributed by atoms with E-state index in [4.69, 9.17) is 0 Å². The van der Waals surface area contributed by atoms with E-state index in [0.717, 1.165) is 6.07 Å². The van der Waals surface area contributed by atoms with Crippen molar-refractivity contribution in [3.8, 4) is 0 Å². The lowest BCUT2D eigenvalue weighted by Gasteiger charge is -2.11. The van der Waals surface area contributed by atoms with Gasteiger partial charge in [0.1, 0.15) is 5.82 Å². The second-order valence-electron chi connectivity index (χ2n) is 5.92. The standard InChI is InChI=1S/C19H17FN4O3/c1-12(25)22-16-10-13(6-7-15(16)20)23-19(27)8-9-24-17-5-3-2-4-14(17)18(26)11-21-24/h2-7,10-11H,8-9H2,1H3,(H,22,25)(H,23,27). The number of halogens is 1. The molecule has 0 aliphatic heterocycles. The number of nitrogens with zero attached hydrogens (tertiary/aromatic N) is 2. The van der Waals surface area contributed by atoms with Gasteiger partial charge in [0.25, 0.3) is 0 Å². The molecule has 0 fully saturated rings. The van der Waals surface area contributed by atoms with E-state index in [2.05, 4.69) is 15.7 Å². The summed E-state index contributed by atoms with van der Waals surface area (Å²) in [4.78, 5) is 35.1. The number of para-hydroxylation sites is 1. The molecule has 138 valence electrons. The monoisotopic (exact) mass is 368 g/mol. The van der Waals surface area contributed by atoms with Crippen LogP contribution in [0.15, 0.2) is 53.5 Å².